The molecule has 0 amide bonds. The van der Waals surface area contributed by atoms with E-state index in [4.69, 9.17) is 20.3 Å². The average molecular weight is 231 g/mol. The molecule has 0 radical (unpaired) electrons. The van der Waals surface area contributed by atoms with Gasteiger partial charge in [-0.3, -0.25) is 10.1 Å². The molecule has 0 bridgehead atoms. The smallest absolute Gasteiger partial charge is 0.451 e. The van der Waals surface area contributed by atoms with E-state index in [1.807, 2.05) is 0 Å². The Balaban J connectivity index is 2.40. The largest absolute Gasteiger partial charge is 0.480 e. The summed E-state index contributed by atoms with van der Waals surface area (Å²) >= 11 is 0. The highest BCUT2D eigenvalue weighted by atomic mass is 16.4. The molecule has 0 aliphatic carbocycles. The number of carboxylic acids is 1. The van der Waals surface area contributed by atoms with Gasteiger partial charge < -0.3 is 20.3 Å². The lowest BCUT2D eigenvalue weighted by atomic mass is 9.81. The van der Waals surface area contributed by atoms with Gasteiger partial charge in [0.2, 0.25) is 0 Å². The van der Waals surface area contributed by atoms with Crippen LogP contribution in [0.15, 0.2) is 0 Å². The van der Waals surface area contributed by atoms with Crippen LogP contribution in [0.4, 0.5) is 0 Å². The first-order valence-corrected chi connectivity index (χ1v) is 5.50. The van der Waals surface area contributed by atoms with Gasteiger partial charge in [-0.1, -0.05) is 6.42 Å². The Kier molecular flexibility index (Phi) is 5.20. The lowest BCUT2D eigenvalue weighted by Gasteiger charge is -2.14. The minimum absolute atomic E-state index is 0.0478. The molecule has 0 aromatic rings. The van der Waals surface area contributed by atoms with Gasteiger partial charge in [0.05, 0.1) is 6.61 Å². The third-order valence-electron chi connectivity index (χ3n) is 3.00. The summed E-state index contributed by atoms with van der Waals surface area (Å²) in [5.41, 5.74) is 0. The molecule has 1 heterocycles. The molecule has 6 nitrogen and oxygen atoms in total. The second kappa shape index (κ2) is 6.19. The predicted molar refractivity (Wildman–Crippen MR) is 57.8 cm³/mol. The number of carbonyl (C=O) groups is 1. The van der Waals surface area contributed by atoms with Crippen molar-refractivity contribution in [2.45, 2.75) is 37.7 Å². The van der Waals surface area contributed by atoms with Crippen molar-refractivity contribution in [3.63, 3.8) is 0 Å². The molecule has 7 heteroatoms. The molecule has 3 atom stereocenters. The summed E-state index contributed by atoms with van der Waals surface area (Å²) in [6, 6.07) is -0.793. The third-order valence-corrected chi connectivity index (χ3v) is 3.00. The van der Waals surface area contributed by atoms with Crippen molar-refractivity contribution in [3.8, 4) is 0 Å². The molecule has 0 saturated carbocycles. The van der Waals surface area contributed by atoms with E-state index in [1.165, 1.54) is 0 Å². The van der Waals surface area contributed by atoms with Crippen molar-refractivity contribution in [1.82, 2.24) is 5.32 Å². The first-order chi connectivity index (χ1) is 7.54. The molecule has 1 aliphatic rings. The fourth-order valence-electron chi connectivity index (χ4n) is 2.21. The Labute approximate surface area is 94.4 Å². The molecule has 5 N–H and O–H groups in total. The van der Waals surface area contributed by atoms with Gasteiger partial charge in [-0.2, -0.15) is 0 Å². The molecular weight excluding hydrogens is 213 g/mol. The molecule has 0 unspecified atom stereocenters. The monoisotopic (exact) mass is 231 g/mol. The van der Waals surface area contributed by atoms with Gasteiger partial charge in [-0.05, 0) is 25.1 Å². The van der Waals surface area contributed by atoms with E-state index in [2.05, 4.69) is 5.32 Å². The fourth-order valence-corrected chi connectivity index (χ4v) is 2.21. The first kappa shape index (κ1) is 13.4. The van der Waals surface area contributed by atoms with Crippen LogP contribution in [0.5, 0.6) is 0 Å². The van der Waals surface area contributed by atoms with Gasteiger partial charge in [-0.15, -0.1) is 0 Å². The van der Waals surface area contributed by atoms with Gasteiger partial charge in [-0.25, -0.2) is 0 Å². The van der Waals surface area contributed by atoms with Crippen molar-refractivity contribution in [2.75, 3.05) is 6.61 Å². The summed E-state index contributed by atoms with van der Waals surface area (Å²) in [5.74, 6) is -0.959. The number of aliphatic carboxylic acids is 1. The number of aliphatic hydroxyl groups is 1. The van der Waals surface area contributed by atoms with Crippen molar-refractivity contribution in [2.24, 2.45) is 5.92 Å². The van der Waals surface area contributed by atoms with Crippen LogP contribution in [0.3, 0.4) is 0 Å². The van der Waals surface area contributed by atoms with Crippen LogP contribution in [-0.4, -0.2) is 52.0 Å². The first-order valence-electron chi connectivity index (χ1n) is 5.50. The van der Waals surface area contributed by atoms with Crippen molar-refractivity contribution in [1.29, 1.82) is 0 Å². The summed E-state index contributed by atoms with van der Waals surface area (Å²) in [5, 5.41) is 38.1. The number of hydrogen-bond acceptors (Lipinski definition) is 5. The molecule has 1 saturated heterocycles. The molecule has 1 rings (SSSR count). The standard InChI is InChI=1S/C9H18BNO5/c12-5-7-4-6(2-1-3-10(15)16)8(11-7)9(13)14/h6-8,11-12,15-16H,1-5H2,(H,13,14)/t6-,7+,8+/m1/s1. The summed E-state index contributed by atoms with van der Waals surface area (Å²) in [6.45, 7) is -0.0666. The highest BCUT2D eigenvalue weighted by Crippen LogP contribution is 2.26. The zero-order valence-electron chi connectivity index (χ0n) is 9.04. The second-order valence-electron chi connectivity index (χ2n) is 4.27. The molecule has 1 aliphatic heterocycles. The number of hydrogen-bond donors (Lipinski definition) is 5. The van der Waals surface area contributed by atoms with Crippen LogP contribution in [0.25, 0.3) is 0 Å². The van der Waals surface area contributed by atoms with E-state index in [0.717, 1.165) is 0 Å². The molecule has 1 fully saturated rings. The molecule has 92 valence electrons. The number of nitrogens with one attached hydrogen (secondary N) is 1. The molecular formula is C9H18BNO5. The van der Waals surface area contributed by atoms with E-state index in [0.29, 0.717) is 19.3 Å². The number of rotatable bonds is 6. The van der Waals surface area contributed by atoms with Crippen LogP contribution in [-0.2, 0) is 4.79 Å². The van der Waals surface area contributed by atoms with E-state index in [-0.39, 0.29) is 24.9 Å². The molecule has 0 aromatic carbocycles. The fraction of sp³-hybridized carbons (Fsp3) is 0.889. The van der Waals surface area contributed by atoms with Crippen molar-refractivity contribution >= 4 is 13.1 Å². The Morgan fingerprint density at radius 2 is 2.12 bits per heavy atom. The zero-order chi connectivity index (χ0) is 12.1. The maximum atomic E-state index is 10.9. The van der Waals surface area contributed by atoms with E-state index in [9.17, 15) is 4.79 Å². The number of carboxylic acid groups (broad SMARTS) is 1. The van der Waals surface area contributed by atoms with Gasteiger partial charge in [0, 0.05) is 6.04 Å². The minimum Gasteiger partial charge on any atom is -0.480 e. The second-order valence-corrected chi connectivity index (χ2v) is 4.27. The topological polar surface area (TPSA) is 110 Å². The Bertz CT molecular complexity index is 238. The minimum atomic E-state index is -1.33. The molecule has 0 aromatic heterocycles. The molecule has 16 heavy (non-hydrogen) atoms. The Hall–Kier alpha value is -0.625. The predicted octanol–water partition coefficient (Wildman–Crippen LogP) is -1.34. The van der Waals surface area contributed by atoms with Crippen LogP contribution >= 0.6 is 0 Å². The van der Waals surface area contributed by atoms with Gasteiger partial charge in [0.25, 0.3) is 0 Å². The van der Waals surface area contributed by atoms with Gasteiger partial charge in [0.1, 0.15) is 6.04 Å². The average Bonchev–Trinajstić information content (AvgIpc) is 2.60. The lowest BCUT2D eigenvalue weighted by Crippen LogP contribution is -2.39. The van der Waals surface area contributed by atoms with Crippen LogP contribution in [0, 0.1) is 5.92 Å². The van der Waals surface area contributed by atoms with Crippen molar-refractivity contribution in [3.05, 3.63) is 0 Å². The van der Waals surface area contributed by atoms with Crippen LogP contribution in [0.2, 0.25) is 6.32 Å². The summed E-state index contributed by atoms with van der Waals surface area (Å²) in [4.78, 5) is 10.9. The van der Waals surface area contributed by atoms with E-state index in [1.54, 1.807) is 0 Å². The maximum absolute atomic E-state index is 10.9. The molecule has 0 spiro atoms. The van der Waals surface area contributed by atoms with Gasteiger partial charge >= 0.3 is 13.1 Å². The highest BCUT2D eigenvalue weighted by molar-refractivity contribution is 6.40. The SMILES string of the molecule is O=C(O)[C@H]1N[C@H](CO)C[C@H]1CCCB(O)O. The third kappa shape index (κ3) is 3.75. The Morgan fingerprint density at radius 3 is 2.62 bits per heavy atom. The lowest BCUT2D eigenvalue weighted by molar-refractivity contribution is -0.140. The van der Waals surface area contributed by atoms with Crippen molar-refractivity contribution < 1.29 is 25.1 Å². The normalized spacial score (nSPS) is 29.3. The maximum Gasteiger partial charge on any atom is 0.451 e. The summed E-state index contributed by atoms with van der Waals surface area (Å²) < 4.78 is 0. The van der Waals surface area contributed by atoms with E-state index < -0.39 is 19.1 Å². The summed E-state index contributed by atoms with van der Waals surface area (Å²) in [6.07, 6.45) is 2.08. The van der Waals surface area contributed by atoms with E-state index >= 15 is 0 Å². The van der Waals surface area contributed by atoms with Crippen LogP contribution < -0.4 is 5.32 Å². The number of aliphatic hydroxyl groups excluding tert-OH is 1. The quantitative estimate of drug-likeness (QED) is 0.362. The highest BCUT2D eigenvalue weighted by Gasteiger charge is 2.37. The van der Waals surface area contributed by atoms with Crippen LogP contribution in [0.1, 0.15) is 19.3 Å². The summed E-state index contributed by atoms with van der Waals surface area (Å²) in [7, 11) is -1.33. The van der Waals surface area contributed by atoms with Gasteiger partial charge in [0.15, 0.2) is 0 Å². The Morgan fingerprint density at radius 1 is 1.44 bits per heavy atom. The zero-order valence-corrected chi connectivity index (χ0v) is 9.04.